The highest BCUT2D eigenvalue weighted by atomic mass is 79.9. The lowest BCUT2D eigenvalue weighted by Crippen LogP contribution is -2.19. The van der Waals surface area contributed by atoms with Crippen LogP contribution >= 0.6 is 15.9 Å². The molecule has 0 aliphatic heterocycles. The van der Waals surface area contributed by atoms with E-state index < -0.39 is 27.8 Å². The number of amides is 1. The van der Waals surface area contributed by atoms with E-state index in [2.05, 4.69) is 20.9 Å². The Morgan fingerprint density at radius 2 is 2.07 bits per heavy atom. The molecule has 0 fully saturated rings. The number of aromatic nitrogens is 1. The van der Waals surface area contributed by atoms with E-state index in [1.165, 1.54) is 0 Å². The number of alkyl halides is 3. The standard InChI is InChI=1S/C7H4BrF3N2O/c8-5-4(7(9,10)11)3(6(12)14)1-2-13-5/h1-2H,(H2,12,14). The first-order valence-corrected chi connectivity index (χ1v) is 4.15. The summed E-state index contributed by atoms with van der Waals surface area (Å²) in [6.45, 7) is 0. The van der Waals surface area contributed by atoms with Crippen LogP contribution < -0.4 is 5.73 Å². The molecule has 1 aromatic rings. The van der Waals surface area contributed by atoms with Crippen molar-refractivity contribution in [3.05, 3.63) is 28.0 Å². The molecule has 0 aliphatic rings. The number of primary amides is 1. The van der Waals surface area contributed by atoms with Crippen LogP contribution in [0.2, 0.25) is 0 Å². The van der Waals surface area contributed by atoms with E-state index in [0.717, 1.165) is 12.3 Å². The molecule has 3 nitrogen and oxygen atoms in total. The van der Waals surface area contributed by atoms with Crippen molar-refractivity contribution >= 4 is 21.8 Å². The van der Waals surface area contributed by atoms with Crippen LogP contribution in [0.4, 0.5) is 13.2 Å². The molecular weight excluding hydrogens is 265 g/mol. The molecular formula is C7H4BrF3N2O. The highest BCUT2D eigenvalue weighted by molar-refractivity contribution is 9.10. The molecule has 1 heterocycles. The molecule has 7 heteroatoms. The Balaban J connectivity index is 3.45. The van der Waals surface area contributed by atoms with Gasteiger partial charge >= 0.3 is 6.18 Å². The lowest BCUT2D eigenvalue weighted by atomic mass is 10.1. The number of carbonyl (C=O) groups excluding carboxylic acids is 1. The lowest BCUT2D eigenvalue weighted by molar-refractivity contribution is -0.138. The van der Waals surface area contributed by atoms with Crippen molar-refractivity contribution in [2.45, 2.75) is 6.18 Å². The summed E-state index contributed by atoms with van der Waals surface area (Å²) in [5.41, 5.74) is 3.05. The first-order valence-electron chi connectivity index (χ1n) is 3.35. The van der Waals surface area contributed by atoms with Crippen molar-refractivity contribution in [1.29, 1.82) is 0 Å². The minimum atomic E-state index is -4.66. The Bertz CT molecular complexity index is 378. The summed E-state index contributed by atoms with van der Waals surface area (Å²) in [6, 6.07) is 0.927. The van der Waals surface area contributed by atoms with Gasteiger partial charge in [0.2, 0.25) is 5.91 Å². The summed E-state index contributed by atoms with van der Waals surface area (Å²) >= 11 is 2.61. The number of halogens is 4. The zero-order valence-corrected chi connectivity index (χ0v) is 8.19. The Hall–Kier alpha value is -1.11. The molecule has 0 bridgehead atoms. The maximum atomic E-state index is 12.4. The fourth-order valence-electron chi connectivity index (χ4n) is 0.911. The molecule has 2 N–H and O–H groups in total. The molecule has 0 aromatic carbocycles. The SMILES string of the molecule is NC(=O)c1ccnc(Br)c1C(F)(F)F. The fourth-order valence-corrected chi connectivity index (χ4v) is 1.47. The monoisotopic (exact) mass is 268 g/mol. The van der Waals surface area contributed by atoms with Crippen LogP contribution in [0.1, 0.15) is 15.9 Å². The highest BCUT2D eigenvalue weighted by Gasteiger charge is 2.37. The molecule has 0 atom stereocenters. The number of nitrogens with two attached hydrogens (primary N) is 1. The predicted molar refractivity (Wildman–Crippen MR) is 45.5 cm³/mol. The first-order chi connectivity index (χ1) is 6.34. The Morgan fingerprint density at radius 1 is 1.50 bits per heavy atom. The molecule has 0 spiro atoms. The van der Waals surface area contributed by atoms with Gasteiger partial charge in [-0.2, -0.15) is 13.2 Å². The van der Waals surface area contributed by atoms with E-state index in [9.17, 15) is 18.0 Å². The molecule has 0 radical (unpaired) electrons. The van der Waals surface area contributed by atoms with Crippen LogP contribution in [0.15, 0.2) is 16.9 Å². The third-order valence-corrected chi connectivity index (χ3v) is 2.05. The van der Waals surface area contributed by atoms with Crippen LogP contribution in [0.25, 0.3) is 0 Å². The Morgan fingerprint density at radius 3 is 2.43 bits per heavy atom. The number of rotatable bonds is 1. The van der Waals surface area contributed by atoms with E-state index in [0.29, 0.717) is 0 Å². The molecule has 1 rings (SSSR count). The average Bonchev–Trinajstić information content (AvgIpc) is 2.01. The Kier molecular flexibility index (Phi) is 2.79. The maximum Gasteiger partial charge on any atom is 0.419 e. The van der Waals surface area contributed by atoms with Crippen molar-refractivity contribution < 1.29 is 18.0 Å². The van der Waals surface area contributed by atoms with Crippen molar-refractivity contribution in [3.8, 4) is 0 Å². The van der Waals surface area contributed by atoms with Gasteiger partial charge in [-0.05, 0) is 22.0 Å². The van der Waals surface area contributed by atoms with Gasteiger partial charge < -0.3 is 5.73 Å². The molecule has 76 valence electrons. The van der Waals surface area contributed by atoms with Gasteiger partial charge in [0.1, 0.15) is 10.2 Å². The second kappa shape index (κ2) is 3.56. The summed E-state index contributed by atoms with van der Waals surface area (Å²) in [7, 11) is 0. The van der Waals surface area contributed by atoms with Crippen molar-refractivity contribution in [1.82, 2.24) is 4.98 Å². The van der Waals surface area contributed by atoms with Gasteiger partial charge in [-0.15, -0.1) is 0 Å². The molecule has 0 saturated carbocycles. The third kappa shape index (κ3) is 2.03. The highest BCUT2D eigenvalue weighted by Crippen LogP contribution is 2.35. The van der Waals surface area contributed by atoms with Gasteiger partial charge in [-0.25, -0.2) is 4.98 Å². The lowest BCUT2D eigenvalue weighted by Gasteiger charge is -2.11. The van der Waals surface area contributed by atoms with Gasteiger partial charge in [0.15, 0.2) is 0 Å². The van der Waals surface area contributed by atoms with Crippen molar-refractivity contribution in [2.75, 3.05) is 0 Å². The van der Waals surface area contributed by atoms with Crippen LogP contribution in [0.5, 0.6) is 0 Å². The largest absolute Gasteiger partial charge is 0.419 e. The summed E-state index contributed by atoms with van der Waals surface area (Å²) in [5.74, 6) is -1.14. The van der Waals surface area contributed by atoms with Gasteiger partial charge in [0, 0.05) is 6.20 Å². The van der Waals surface area contributed by atoms with Gasteiger partial charge in [0.05, 0.1) is 5.56 Å². The summed E-state index contributed by atoms with van der Waals surface area (Å²) < 4.78 is 36.7. The number of pyridine rings is 1. The van der Waals surface area contributed by atoms with E-state index in [1.807, 2.05) is 0 Å². The minimum absolute atomic E-state index is 0.443. The summed E-state index contributed by atoms with van der Waals surface area (Å²) in [4.78, 5) is 14.1. The minimum Gasteiger partial charge on any atom is -0.366 e. The second-order valence-corrected chi connectivity index (χ2v) is 3.14. The zero-order chi connectivity index (χ0) is 10.9. The van der Waals surface area contributed by atoms with Crippen molar-refractivity contribution in [2.24, 2.45) is 5.73 Å². The van der Waals surface area contributed by atoms with Crippen LogP contribution in [-0.2, 0) is 6.18 Å². The smallest absolute Gasteiger partial charge is 0.366 e. The molecule has 0 unspecified atom stereocenters. The van der Waals surface area contributed by atoms with Crippen LogP contribution in [0, 0.1) is 0 Å². The topological polar surface area (TPSA) is 56.0 Å². The molecule has 14 heavy (non-hydrogen) atoms. The van der Waals surface area contributed by atoms with Gasteiger partial charge in [-0.3, -0.25) is 4.79 Å². The predicted octanol–water partition coefficient (Wildman–Crippen LogP) is 1.96. The first kappa shape index (κ1) is 11.0. The summed E-state index contributed by atoms with van der Waals surface area (Å²) in [6.07, 6.45) is -3.59. The Labute approximate surface area is 85.2 Å². The van der Waals surface area contributed by atoms with E-state index in [-0.39, 0.29) is 0 Å². The zero-order valence-electron chi connectivity index (χ0n) is 6.60. The quantitative estimate of drug-likeness (QED) is 0.792. The van der Waals surface area contributed by atoms with Crippen LogP contribution in [-0.4, -0.2) is 10.9 Å². The molecule has 0 saturated heterocycles. The molecule has 0 aliphatic carbocycles. The maximum absolute atomic E-state index is 12.4. The second-order valence-electron chi connectivity index (χ2n) is 2.39. The number of nitrogens with zero attached hydrogens (tertiary/aromatic N) is 1. The van der Waals surface area contributed by atoms with Gasteiger partial charge in [-0.1, -0.05) is 0 Å². The fraction of sp³-hybridized carbons (Fsp3) is 0.143. The van der Waals surface area contributed by atoms with E-state index >= 15 is 0 Å². The van der Waals surface area contributed by atoms with Crippen molar-refractivity contribution in [3.63, 3.8) is 0 Å². The number of hydrogen-bond acceptors (Lipinski definition) is 2. The van der Waals surface area contributed by atoms with E-state index in [4.69, 9.17) is 5.73 Å². The van der Waals surface area contributed by atoms with E-state index in [1.54, 1.807) is 0 Å². The summed E-state index contributed by atoms with van der Waals surface area (Å²) in [5, 5.41) is 0. The number of hydrogen-bond donors (Lipinski definition) is 1. The average molecular weight is 269 g/mol. The normalized spacial score (nSPS) is 11.4. The van der Waals surface area contributed by atoms with Gasteiger partial charge in [0.25, 0.3) is 0 Å². The molecule has 1 amide bonds. The van der Waals surface area contributed by atoms with Crippen LogP contribution in [0.3, 0.4) is 0 Å². The third-order valence-electron chi connectivity index (χ3n) is 1.45. The number of carbonyl (C=O) groups is 1. The molecule has 1 aromatic heterocycles.